The lowest BCUT2D eigenvalue weighted by Crippen LogP contribution is -2.40. The Balaban J connectivity index is 1.56. The number of anilines is 1. The number of fused-ring (bicyclic) bond motifs is 3. The van der Waals surface area contributed by atoms with Crippen LogP contribution in [0.1, 0.15) is 40.7 Å². The smallest absolute Gasteiger partial charge is 0.393 e. The van der Waals surface area contributed by atoms with Crippen LogP contribution in [0.4, 0.5) is 28.0 Å². The molecule has 0 fully saturated rings. The third kappa shape index (κ3) is 4.46. The molecule has 2 aliphatic rings. The third-order valence-electron chi connectivity index (χ3n) is 6.34. The van der Waals surface area contributed by atoms with Crippen molar-refractivity contribution in [2.75, 3.05) is 25.5 Å². The summed E-state index contributed by atoms with van der Waals surface area (Å²) in [5.74, 6) is -1.89. The number of aromatic nitrogens is 2. The van der Waals surface area contributed by atoms with Gasteiger partial charge in [-0.1, -0.05) is 6.92 Å². The van der Waals surface area contributed by atoms with Crippen molar-refractivity contribution in [3.8, 4) is 0 Å². The standard InChI is InChI=1S/C22H25F4N5O3/c1-3-18(32)12-9-29(2)20(33)19-14-11-30(7-6-17(14)28-31(19)10-12)21(34)27-13-4-5-16(23)15(8-13)22(24,25)26/h4-5,8,12,18,32H,3,6-7,9-11H2,1-2H3,(H,27,34)/t12?,18-/m1/s1. The molecule has 2 aliphatic heterocycles. The van der Waals surface area contributed by atoms with Crippen molar-refractivity contribution in [1.82, 2.24) is 19.6 Å². The number of carbonyl (C=O) groups excluding carboxylic acids is 2. The van der Waals surface area contributed by atoms with Gasteiger partial charge in [0.15, 0.2) is 0 Å². The summed E-state index contributed by atoms with van der Waals surface area (Å²) < 4.78 is 54.1. The zero-order chi connectivity index (χ0) is 24.8. The van der Waals surface area contributed by atoms with Crippen molar-refractivity contribution in [2.24, 2.45) is 5.92 Å². The minimum Gasteiger partial charge on any atom is -0.393 e. The van der Waals surface area contributed by atoms with Gasteiger partial charge in [-0.05, 0) is 24.6 Å². The van der Waals surface area contributed by atoms with Gasteiger partial charge in [-0.25, -0.2) is 9.18 Å². The van der Waals surface area contributed by atoms with Crippen LogP contribution >= 0.6 is 0 Å². The number of amides is 3. The Morgan fingerprint density at radius 3 is 2.74 bits per heavy atom. The highest BCUT2D eigenvalue weighted by molar-refractivity contribution is 5.95. The summed E-state index contributed by atoms with van der Waals surface area (Å²) in [5, 5.41) is 17.3. The van der Waals surface area contributed by atoms with Gasteiger partial charge in [0.05, 0.1) is 23.9 Å². The highest BCUT2D eigenvalue weighted by Gasteiger charge is 2.37. The quantitative estimate of drug-likeness (QED) is 0.657. The Morgan fingerprint density at radius 2 is 2.06 bits per heavy atom. The van der Waals surface area contributed by atoms with E-state index < -0.39 is 29.7 Å². The Morgan fingerprint density at radius 1 is 1.32 bits per heavy atom. The van der Waals surface area contributed by atoms with E-state index in [0.29, 0.717) is 55.0 Å². The second kappa shape index (κ2) is 8.90. The van der Waals surface area contributed by atoms with Gasteiger partial charge in [0.25, 0.3) is 5.91 Å². The summed E-state index contributed by atoms with van der Waals surface area (Å²) in [7, 11) is 1.65. The molecule has 8 nitrogen and oxygen atoms in total. The molecule has 2 aromatic rings. The normalized spacial score (nSPS) is 19.4. The number of halogens is 4. The monoisotopic (exact) mass is 483 g/mol. The lowest BCUT2D eigenvalue weighted by molar-refractivity contribution is -0.139. The average molecular weight is 483 g/mol. The second-order valence-electron chi connectivity index (χ2n) is 8.67. The molecule has 4 rings (SSSR count). The number of rotatable bonds is 3. The van der Waals surface area contributed by atoms with Crippen LogP contribution in [0.5, 0.6) is 0 Å². The molecule has 1 aromatic carbocycles. The number of hydrogen-bond acceptors (Lipinski definition) is 4. The molecule has 12 heteroatoms. The van der Waals surface area contributed by atoms with E-state index in [2.05, 4.69) is 10.4 Å². The van der Waals surface area contributed by atoms with E-state index in [9.17, 15) is 32.3 Å². The van der Waals surface area contributed by atoms with Gasteiger partial charge in [-0.3, -0.25) is 9.48 Å². The summed E-state index contributed by atoms with van der Waals surface area (Å²) in [6, 6.07) is 1.59. The number of hydrogen-bond donors (Lipinski definition) is 2. The minimum atomic E-state index is -4.89. The number of carbonyl (C=O) groups is 2. The first-order valence-corrected chi connectivity index (χ1v) is 10.9. The maximum absolute atomic E-state index is 13.5. The van der Waals surface area contributed by atoms with Crippen LogP contribution in [-0.2, 0) is 25.7 Å². The summed E-state index contributed by atoms with van der Waals surface area (Å²) >= 11 is 0. The number of nitrogens with one attached hydrogen (secondary N) is 1. The third-order valence-corrected chi connectivity index (χ3v) is 6.34. The molecular weight excluding hydrogens is 458 g/mol. The second-order valence-corrected chi connectivity index (χ2v) is 8.67. The zero-order valence-corrected chi connectivity index (χ0v) is 18.7. The van der Waals surface area contributed by atoms with E-state index in [4.69, 9.17) is 0 Å². The van der Waals surface area contributed by atoms with Gasteiger partial charge in [0.1, 0.15) is 11.5 Å². The number of urea groups is 1. The molecule has 0 bridgehead atoms. The van der Waals surface area contributed by atoms with Crippen LogP contribution in [0.15, 0.2) is 18.2 Å². The first kappa shape index (κ1) is 24.0. The van der Waals surface area contributed by atoms with E-state index in [1.807, 2.05) is 6.92 Å². The molecule has 0 spiro atoms. The van der Waals surface area contributed by atoms with E-state index in [0.717, 1.165) is 6.07 Å². The molecule has 0 aliphatic carbocycles. The fraction of sp³-hybridized carbons (Fsp3) is 0.500. The lowest BCUT2D eigenvalue weighted by Gasteiger charge is -2.28. The maximum Gasteiger partial charge on any atom is 0.419 e. The molecular formula is C22H25F4N5O3. The van der Waals surface area contributed by atoms with Crippen molar-refractivity contribution >= 4 is 17.6 Å². The molecule has 0 saturated heterocycles. The molecule has 2 atom stereocenters. The Kier molecular flexibility index (Phi) is 6.28. The average Bonchev–Trinajstić information content (AvgIpc) is 3.08. The largest absolute Gasteiger partial charge is 0.419 e. The zero-order valence-electron chi connectivity index (χ0n) is 18.7. The van der Waals surface area contributed by atoms with Crippen LogP contribution in [0.2, 0.25) is 0 Å². The molecule has 3 heterocycles. The van der Waals surface area contributed by atoms with Gasteiger partial charge in [0, 0.05) is 50.3 Å². The van der Waals surface area contributed by atoms with Crippen LogP contribution < -0.4 is 5.32 Å². The van der Waals surface area contributed by atoms with Crippen LogP contribution in [0, 0.1) is 11.7 Å². The predicted octanol–water partition coefficient (Wildman–Crippen LogP) is 3.10. The first-order chi connectivity index (χ1) is 16.0. The number of nitrogens with zero attached hydrogens (tertiary/aromatic N) is 4. The van der Waals surface area contributed by atoms with Gasteiger partial charge in [-0.2, -0.15) is 18.3 Å². The van der Waals surface area contributed by atoms with Crippen molar-refractivity contribution in [3.63, 3.8) is 0 Å². The molecule has 3 amide bonds. The molecule has 0 radical (unpaired) electrons. The van der Waals surface area contributed by atoms with Gasteiger partial charge >= 0.3 is 12.2 Å². The van der Waals surface area contributed by atoms with Gasteiger partial charge < -0.3 is 20.2 Å². The van der Waals surface area contributed by atoms with E-state index in [-0.39, 0.29) is 30.6 Å². The van der Waals surface area contributed by atoms with E-state index in [1.54, 1.807) is 11.7 Å². The summed E-state index contributed by atoms with van der Waals surface area (Å²) in [6.45, 7) is 2.87. The van der Waals surface area contributed by atoms with Crippen molar-refractivity contribution in [1.29, 1.82) is 0 Å². The predicted molar refractivity (Wildman–Crippen MR) is 114 cm³/mol. The number of aliphatic hydroxyl groups is 1. The number of alkyl halides is 3. The highest BCUT2D eigenvalue weighted by atomic mass is 19.4. The molecule has 34 heavy (non-hydrogen) atoms. The fourth-order valence-corrected chi connectivity index (χ4v) is 4.47. The van der Waals surface area contributed by atoms with Gasteiger partial charge in [-0.15, -0.1) is 0 Å². The first-order valence-electron chi connectivity index (χ1n) is 10.9. The lowest BCUT2D eigenvalue weighted by atomic mass is 10.0. The fourth-order valence-electron chi connectivity index (χ4n) is 4.47. The Bertz CT molecular complexity index is 1120. The van der Waals surface area contributed by atoms with Crippen molar-refractivity contribution < 1.29 is 32.3 Å². The van der Waals surface area contributed by atoms with Crippen LogP contribution in [0.25, 0.3) is 0 Å². The highest BCUT2D eigenvalue weighted by Crippen LogP contribution is 2.33. The summed E-state index contributed by atoms with van der Waals surface area (Å²) in [4.78, 5) is 28.8. The molecule has 2 N–H and O–H groups in total. The number of benzene rings is 1. The molecule has 184 valence electrons. The van der Waals surface area contributed by atoms with E-state index in [1.165, 1.54) is 9.80 Å². The minimum absolute atomic E-state index is 0.0460. The summed E-state index contributed by atoms with van der Waals surface area (Å²) in [5.41, 5.74) is -0.0494. The maximum atomic E-state index is 13.5. The van der Waals surface area contributed by atoms with Gasteiger partial charge in [0.2, 0.25) is 0 Å². The van der Waals surface area contributed by atoms with Crippen LogP contribution in [-0.4, -0.2) is 62.9 Å². The summed E-state index contributed by atoms with van der Waals surface area (Å²) in [6.07, 6.45) is -4.59. The Hall–Kier alpha value is -3.15. The SMILES string of the molecule is CC[C@@H](O)C1CN(C)C(=O)c2c3c(nn2C1)CCN(C(=O)Nc1ccc(F)c(C(F)(F)F)c1)C3. The Labute approximate surface area is 193 Å². The molecule has 1 unspecified atom stereocenters. The van der Waals surface area contributed by atoms with Crippen molar-refractivity contribution in [2.45, 2.75) is 45.1 Å². The van der Waals surface area contributed by atoms with Crippen LogP contribution in [0.3, 0.4) is 0 Å². The topological polar surface area (TPSA) is 90.7 Å². The van der Waals surface area contributed by atoms with Crippen molar-refractivity contribution in [3.05, 3.63) is 46.5 Å². The van der Waals surface area contributed by atoms with E-state index >= 15 is 0 Å². The molecule has 1 aromatic heterocycles. The molecule has 0 saturated carbocycles. The number of aliphatic hydroxyl groups excluding tert-OH is 1.